The minimum absolute atomic E-state index is 0.121. The van der Waals surface area contributed by atoms with Gasteiger partial charge < -0.3 is 5.11 Å². The number of benzene rings is 1. The van der Waals surface area contributed by atoms with E-state index in [0.29, 0.717) is 4.47 Å². The first-order chi connectivity index (χ1) is 9.95. The molecule has 0 fully saturated rings. The van der Waals surface area contributed by atoms with E-state index < -0.39 is 0 Å². The van der Waals surface area contributed by atoms with Crippen LogP contribution in [0.3, 0.4) is 0 Å². The third-order valence-electron chi connectivity index (χ3n) is 2.77. The third-order valence-corrected chi connectivity index (χ3v) is 3.41. The van der Waals surface area contributed by atoms with Crippen molar-refractivity contribution >= 4 is 28.1 Å². The van der Waals surface area contributed by atoms with Gasteiger partial charge in [0.1, 0.15) is 12.3 Å². The molecule has 1 aromatic carbocycles. The van der Waals surface area contributed by atoms with Crippen LogP contribution in [0.1, 0.15) is 17.0 Å². The van der Waals surface area contributed by atoms with Gasteiger partial charge in [0.05, 0.1) is 16.4 Å². The number of nitrogens with zero attached hydrogens (tertiary/aromatic N) is 3. The van der Waals surface area contributed by atoms with E-state index in [0.717, 1.165) is 17.0 Å². The van der Waals surface area contributed by atoms with Crippen LogP contribution in [0.5, 0.6) is 5.75 Å². The first kappa shape index (κ1) is 15.2. The summed E-state index contributed by atoms with van der Waals surface area (Å²) < 4.78 is 2.19. The lowest BCUT2D eigenvalue weighted by atomic mass is 10.2. The SMILES string of the molecule is Cc1cc(C)n(CC(=O)N/N=C\c2ccc(O)c(Br)c2)n1. The number of aryl methyl sites for hydroxylation is 2. The van der Waals surface area contributed by atoms with Crippen LogP contribution in [-0.2, 0) is 11.3 Å². The molecule has 0 atom stereocenters. The van der Waals surface area contributed by atoms with Gasteiger partial charge in [0.25, 0.3) is 5.91 Å². The van der Waals surface area contributed by atoms with Gasteiger partial charge in [-0.05, 0) is 59.6 Å². The van der Waals surface area contributed by atoms with Crippen molar-refractivity contribution in [1.82, 2.24) is 15.2 Å². The zero-order valence-electron chi connectivity index (χ0n) is 11.7. The summed E-state index contributed by atoms with van der Waals surface area (Å²) in [6.45, 7) is 3.89. The first-order valence-corrected chi connectivity index (χ1v) is 7.06. The number of hydrogen-bond donors (Lipinski definition) is 2. The van der Waals surface area contributed by atoms with Crippen molar-refractivity contribution < 1.29 is 9.90 Å². The smallest absolute Gasteiger partial charge is 0.261 e. The highest BCUT2D eigenvalue weighted by molar-refractivity contribution is 9.10. The minimum Gasteiger partial charge on any atom is -0.507 e. The van der Waals surface area contributed by atoms with Gasteiger partial charge >= 0.3 is 0 Å². The fraction of sp³-hybridized carbons (Fsp3) is 0.214. The number of hydrogen-bond acceptors (Lipinski definition) is 4. The van der Waals surface area contributed by atoms with Gasteiger partial charge in [-0.1, -0.05) is 0 Å². The topological polar surface area (TPSA) is 79.5 Å². The lowest BCUT2D eigenvalue weighted by Gasteiger charge is -2.03. The molecule has 2 N–H and O–H groups in total. The molecule has 2 aromatic rings. The van der Waals surface area contributed by atoms with Crippen LogP contribution < -0.4 is 5.43 Å². The Morgan fingerprint density at radius 1 is 1.48 bits per heavy atom. The van der Waals surface area contributed by atoms with Gasteiger partial charge in [-0.25, -0.2) is 5.43 Å². The summed E-state index contributed by atoms with van der Waals surface area (Å²) in [7, 11) is 0. The number of carbonyl (C=O) groups excluding carboxylic acids is 1. The second-order valence-corrected chi connectivity index (χ2v) is 5.44. The molecule has 0 saturated heterocycles. The molecule has 0 radical (unpaired) electrons. The van der Waals surface area contributed by atoms with Crippen molar-refractivity contribution in [3.8, 4) is 5.75 Å². The Morgan fingerprint density at radius 3 is 2.86 bits per heavy atom. The molecule has 0 aliphatic heterocycles. The maximum Gasteiger partial charge on any atom is 0.261 e. The monoisotopic (exact) mass is 350 g/mol. The normalized spacial score (nSPS) is 11.0. The first-order valence-electron chi connectivity index (χ1n) is 6.27. The number of amides is 1. The highest BCUT2D eigenvalue weighted by atomic mass is 79.9. The molecule has 1 amide bonds. The molecule has 0 aliphatic rings. The van der Waals surface area contributed by atoms with Crippen molar-refractivity contribution in [2.75, 3.05) is 0 Å². The standard InChI is InChI=1S/C14H15BrN4O2/c1-9-5-10(2)19(18-9)8-14(21)17-16-7-11-3-4-13(20)12(15)6-11/h3-7,20H,8H2,1-2H3,(H,17,21)/b16-7-. The summed E-state index contributed by atoms with van der Waals surface area (Å²) >= 11 is 3.21. The molecule has 2 rings (SSSR count). The lowest BCUT2D eigenvalue weighted by molar-refractivity contribution is -0.121. The fourth-order valence-electron chi connectivity index (χ4n) is 1.79. The molecule has 1 heterocycles. The van der Waals surface area contributed by atoms with E-state index in [9.17, 15) is 9.90 Å². The third kappa shape index (κ3) is 4.16. The van der Waals surface area contributed by atoms with Crippen LogP contribution in [0.4, 0.5) is 0 Å². The zero-order valence-corrected chi connectivity index (χ0v) is 13.3. The van der Waals surface area contributed by atoms with Crippen LogP contribution in [0.25, 0.3) is 0 Å². The molecule has 0 unspecified atom stereocenters. The van der Waals surface area contributed by atoms with E-state index >= 15 is 0 Å². The highest BCUT2D eigenvalue weighted by Gasteiger charge is 2.05. The molecule has 0 bridgehead atoms. The molecule has 1 aromatic heterocycles. The second kappa shape index (κ2) is 6.53. The van der Waals surface area contributed by atoms with Gasteiger partial charge in [-0.3, -0.25) is 9.48 Å². The molecule has 110 valence electrons. The summed E-state index contributed by atoms with van der Waals surface area (Å²) in [5, 5.41) is 17.5. The number of hydrazone groups is 1. The van der Waals surface area contributed by atoms with E-state index in [1.807, 2.05) is 19.9 Å². The second-order valence-electron chi connectivity index (χ2n) is 4.59. The number of phenols is 1. The average molecular weight is 351 g/mol. The summed E-state index contributed by atoms with van der Waals surface area (Å²) in [6, 6.07) is 6.84. The van der Waals surface area contributed by atoms with Crippen LogP contribution >= 0.6 is 15.9 Å². The summed E-state index contributed by atoms with van der Waals surface area (Å²) in [5.74, 6) is -0.101. The van der Waals surface area contributed by atoms with Crippen LogP contribution in [0.2, 0.25) is 0 Å². The van der Waals surface area contributed by atoms with Gasteiger partial charge in [0.2, 0.25) is 0 Å². The van der Waals surface area contributed by atoms with Crippen molar-refractivity contribution in [1.29, 1.82) is 0 Å². The Balaban J connectivity index is 1.93. The Hall–Kier alpha value is -2.15. The average Bonchev–Trinajstić information content (AvgIpc) is 2.72. The molecule has 0 saturated carbocycles. The molecule has 0 spiro atoms. The maximum atomic E-state index is 11.8. The quantitative estimate of drug-likeness (QED) is 0.654. The summed E-state index contributed by atoms with van der Waals surface area (Å²) in [4.78, 5) is 11.8. The van der Waals surface area contributed by atoms with Crippen LogP contribution in [0.15, 0.2) is 33.8 Å². The largest absolute Gasteiger partial charge is 0.507 e. The van der Waals surface area contributed by atoms with Crippen molar-refractivity contribution in [2.45, 2.75) is 20.4 Å². The number of phenolic OH excluding ortho intramolecular Hbond substituents is 1. The molecule has 7 heteroatoms. The summed E-state index contributed by atoms with van der Waals surface area (Å²) in [6.07, 6.45) is 1.50. The van der Waals surface area contributed by atoms with Gasteiger partial charge in [0, 0.05) is 5.69 Å². The molecular weight excluding hydrogens is 336 g/mol. The Morgan fingerprint density at radius 2 is 2.24 bits per heavy atom. The lowest BCUT2D eigenvalue weighted by Crippen LogP contribution is -2.24. The molecule has 6 nitrogen and oxygen atoms in total. The molecular formula is C14H15BrN4O2. The predicted octanol–water partition coefficient (Wildman–Crippen LogP) is 2.12. The van der Waals surface area contributed by atoms with Crippen molar-refractivity contribution in [2.24, 2.45) is 5.10 Å². The molecule has 0 aliphatic carbocycles. The minimum atomic E-state index is -0.254. The van der Waals surface area contributed by atoms with E-state index in [4.69, 9.17) is 0 Å². The summed E-state index contributed by atoms with van der Waals surface area (Å²) in [5.41, 5.74) is 5.00. The highest BCUT2D eigenvalue weighted by Crippen LogP contribution is 2.23. The molecule has 21 heavy (non-hydrogen) atoms. The van der Waals surface area contributed by atoms with E-state index in [1.54, 1.807) is 22.9 Å². The van der Waals surface area contributed by atoms with Crippen LogP contribution in [-0.4, -0.2) is 27.0 Å². The number of aromatic hydroxyl groups is 1. The van der Waals surface area contributed by atoms with Crippen molar-refractivity contribution in [3.63, 3.8) is 0 Å². The number of aromatic nitrogens is 2. The Bertz CT molecular complexity index is 694. The van der Waals surface area contributed by atoms with E-state index in [1.165, 1.54) is 6.21 Å². The Labute approximate surface area is 130 Å². The fourth-order valence-corrected chi connectivity index (χ4v) is 2.19. The number of carbonyl (C=O) groups is 1. The Kier molecular flexibility index (Phi) is 4.74. The van der Waals surface area contributed by atoms with Crippen molar-refractivity contribution in [3.05, 3.63) is 45.7 Å². The number of halogens is 1. The number of nitrogens with one attached hydrogen (secondary N) is 1. The van der Waals surface area contributed by atoms with E-state index in [-0.39, 0.29) is 18.2 Å². The number of rotatable bonds is 4. The van der Waals surface area contributed by atoms with Gasteiger partial charge in [-0.2, -0.15) is 10.2 Å². The van der Waals surface area contributed by atoms with Crippen LogP contribution in [0, 0.1) is 13.8 Å². The predicted molar refractivity (Wildman–Crippen MR) is 83.2 cm³/mol. The maximum absolute atomic E-state index is 11.8. The van der Waals surface area contributed by atoms with Gasteiger partial charge in [-0.15, -0.1) is 0 Å². The van der Waals surface area contributed by atoms with E-state index in [2.05, 4.69) is 31.6 Å². The van der Waals surface area contributed by atoms with Gasteiger partial charge in [0.15, 0.2) is 0 Å². The zero-order chi connectivity index (χ0) is 15.4.